The molecule has 2 rings (SSSR count). The molecule has 1 amide bonds. The van der Waals surface area contributed by atoms with Gasteiger partial charge in [0.2, 0.25) is 0 Å². The Morgan fingerprint density at radius 2 is 1.94 bits per heavy atom. The molecule has 3 N–H and O–H groups in total. The number of nitrogens with one attached hydrogen (secondary N) is 1. The maximum Gasteiger partial charge on any atom is 0.270 e. The fraction of sp³-hybridized carbons (Fsp3) is 0.286. The van der Waals surface area contributed by atoms with Gasteiger partial charge in [-0.25, -0.2) is 4.98 Å². The Labute approximate surface area is 106 Å². The summed E-state index contributed by atoms with van der Waals surface area (Å²) < 4.78 is 0. The molecule has 0 saturated heterocycles. The van der Waals surface area contributed by atoms with Crippen molar-refractivity contribution in [3.63, 3.8) is 0 Å². The summed E-state index contributed by atoms with van der Waals surface area (Å²) in [6.07, 6.45) is 0. The second kappa shape index (κ2) is 4.29. The predicted octanol–water partition coefficient (Wildman–Crippen LogP) is 2.35. The van der Waals surface area contributed by atoms with Gasteiger partial charge in [-0.2, -0.15) is 0 Å². The quantitative estimate of drug-likeness (QED) is 0.807. The van der Waals surface area contributed by atoms with Gasteiger partial charge in [0.15, 0.2) is 0 Å². The Balaban J connectivity index is 2.44. The maximum atomic E-state index is 12.0. The average molecular weight is 243 g/mol. The second-order valence-electron chi connectivity index (χ2n) is 5.32. The Morgan fingerprint density at radius 1 is 1.28 bits per heavy atom. The number of carbonyl (C=O) groups is 1. The van der Waals surface area contributed by atoms with Crippen molar-refractivity contribution in [2.75, 3.05) is 5.73 Å². The molecule has 94 valence electrons. The van der Waals surface area contributed by atoms with Gasteiger partial charge in [0, 0.05) is 16.6 Å². The zero-order valence-electron chi connectivity index (χ0n) is 10.8. The Kier molecular flexibility index (Phi) is 2.95. The van der Waals surface area contributed by atoms with Crippen LogP contribution in [0.4, 0.5) is 5.69 Å². The maximum absolute atomic E-state index is 12.0. The van der Waals surface area contributed by atoms with E-state index in [1.807, 2.05) is 45.0 Å². The van der Waals surface area contributed by atoms with Gasteiger partial charge in [0.25, 0.3) is 5.91 Å². The van der Waals surface area contributed by atoms with Crippen LogP contribution >= 0.6 is 0 Å². The summed E-state index contributed by atoms with van der Waals surface area (Å²) in [5.74, 6) is -0.208. The van der Waals surface area contributed by atoms with Crippen molar-refractivity contribution in [2.24, 2.45) is 0 Å². The molecule has 0 saturated carbocycles. The first-order valence-corrected chi connectivity index (χ1v) is 5.84. The Bertz CT molecular complexity index is 600. The number of anilines is 1. The standard InChI is InChI=1S/C14H17N3O/c1-14(2,3)17-13(18)12-8-10(15)9-6-4-5-7-11(9)16-12/h4-8H,1-3H3,(H2,15,16)(H,17,18). The number of nitrogens with two attached hydrogens (primary N) is 1. The zero-order valence-corrected chi connectivity index (χ0v) is 10.8. The van der Waals surface area contributed by atoms with Crippen LogP contribution < -0.4 is 11.1 Å². The van der Waals surface area contributed by atoms with E-state index in [-0.39, 0.29) is 11.4 Å². The van der Waals surface area contributed by atoms with Gasteiger partial charge in [-0.1, -0.05) is 18.2 Å². The topological polar surface area (TPSA) is 68.0 Å². The molecule has 0 spiro atoms. The summed E-state index contributed by atoms with van der Waals surface area (Å²) in [6, 6.07) is 9.13. The van der Waals surface area contributed by atoms with Crippen LogP contribution in [-0.2, 0) is 0 Å². The summed E-state index contributed by atoms with van der Waals surface area (Å²) in [5, 5.41) is 3.74. The van der Waals surface area contributed by atoms with Gasteiger partial charge in [-0.3, -0.25) is 4.79 Å². The van der Waals surface area contributed by atoms with Crippen molar-refractivity contribution in [3.05, 3.63) is 36.0 Å². The highest BCUT2D eigenvalue weighted by molar-refractivity contribution is 5.99. The van der Waals surface area contributed by atoms with Gasteiger partial charge in [0.05, 0.1) is 5.52 Å². The van der Waals surface area contributed by atoms with E-state index in [0.717, 1.165) is 10.9 Å². The van der Waals surface area contributed by atoms with Crippen molar-refractivity contribution in [3.8, 4) is 0 Å². The molecular weight excluding hydrogens is 226 g/mol. The minimum absolute atomic E-state index is 0.208. The van der Waals surface area contributed by atoms with Crippen molar-refractivity contribution < 1.29 is 4.79 Å². The minimum atomic E-state index is -0.292. The van der Waals surface area contributed by atoms with Crippen molar-refractivity contribution in [2.45, 2.75) is 26.3 Å². The molecule has 2 aromatic rings. The molecule has 1 heterocycles. The number of amides is 1. The molecule has 0 aliphatic rings. The molecule has 0 atom stereocenters. The number of hydrogen-bond donors (Lipinski definition) is 2. The number of nitrogens with zero attached hydrogens (tertiary/aromatic N) is 1. The molecule has 1 aromatic heterocycles. The van der Waals surface area contributed by atoms with E-state index in [9.17, 15) is 4.79 Å². The van der Waals surface area contributed by atoms with Gasteiger partial charge < -0.3 is 11.1 Å². The monoisotopic (exact) mass is 243 g/mol. The van der Waals surface area contributed by atoms with Crippen LogP contribution in [0.5, 0.6) is 0 Å². The van der Waals surface area contributed by atoms with Crippen LogP contribution in [0.15, 0.2) is 30.3 Å². The molecule has 1 aromatic carbocycles. The van der Waals surface area contributed by atoms with E-state index >= 15 is 0 Å². The van der Waals surface area contributed by atoms with Crippen molar-refractivity contribution >= 4 is 22.5 Å². The number of fused-ring (bicyclic) bond motifs is 1. The van der Waals surface area contributed by atoms with Gasteiger partial charge in [0.1, 0.15) is 5.69 Å². The highest BCUT2D eigenvalue weighted by atomic mass is 16.2. The third kappa shape index (κ3) is 2.59. The van der Waals surface area contributed by atoms with E-state index in [1.54, 1.807) is 6.07 Å². The first-order chi connectivity index (χ1) is 8.37. The predicted molar refractivity (Wildman–Crippen MR) is 73.4 cm³/mol. The van der Waals surface area contributed by atoms with Gasteiger partial charge in [-0.05, 0) is 32.9 Å². The first-order valence-electron chi connectivity index (χ1n) is 5.84. The van der Waals surface area contributed by atoms with Crippen LogP contribution in [0.1, 0.15) is 31.3 Å². The largest absolute Gasteiger partial charge is 0.398 e. The molecule has 4 nitrogen and oxygen atoms in total. The smallest absolute Gasteiger partial charge is 0.270 e. The number of nitrogen functional groups attached to an aromatic ring is 1. The molecule has 0 aliphatic carbocycles. The Morgan fingerprint density at radius 3 is 2.61 bits per heavy atom. The van der Waals surface area contributed by atoms with Gasteiger partial charge >= 0.3 is 0 Å². The second-order valence-corrected chi connectivity index (χ2v) is 5.32. The van der Waals surface area contributed by atoms with Crippen LogP contribution in [0, 0.1) is 0 Å². The molecule has 0 unspecified atom stereocenters. The van der Waals surface area contributed by atoms with Crippen LogP contribution in [0.3, 0.4) is 0 Å². The summed E-state index contributed by atoms with van der Waals surface area (Å²) in [5.41, 5.74) is 7.30. The summed E-state index contributed by atoms with van der Waals surface area (Å²) >= 11 is 0. The number of pyridine rings is 1. The summed E-state index contributed by atoms with van der Waals surface area (Å²) in [6.45, 7) is 5.78. The van der Waals surface area contributed by atoms with Crippen LogP contribution in [-0.4, -0.2) is 16.4 Å². The lowest BCUT2D eigenvalue weighted by Gasteiger charge is -2.20. The van der Waals surface area contributed by atoms with Gasteiger partial charge in [-0.15, -0.1) is 0 Å². The fourth-order valence-electron chi connectivity index (χ4n) is 1.72. The van der Waals surface area contributed by atoms with E-state index in [1.165, 1.54) is 0 Å². The zero-order chi connectivity index (χ0) is 13.3. The van der Waals surface area contributed by atoms with E-state index in [4.69, 9.17) is 5.73 Å². The number of aromatic nitrogens is 1. The molecular formula is C14H17N3O. The van der Waals surface area contributed by atoms with E-state index in [0.29, 0.717) is 11.4 Å². The lowest BCUT2D eigenvalue weighted by molar-refractivity contribution is 0.0915. The lowest BCUT2D eigenvalue weighted by Crippen LogP contribution is -2.40. The number of hydrogen-bond acceptors (Lipinski definition) is 3. The molecule has 0 fully saturated rings. The molecule has 0 radical (unpaired) electrons. The molecule has 4 heteroatoms. The highest BCUT2D eigenvalue weighted by Crippen LogP contribution is 2.20. The summed E-state index contributed by atoms with van der Waals surface area (Å²) in [7, 11) is 0. The third-order valence-corrected chi connectivity index (χ3v) is 2.47. The fourth-order valence-corrected chi connectivity index (χ4v) is 1.72. The Hall–Kier alpha value is -2.10. The van der Waals surface area contributed by atoms with Crippen LogP contribution in [0.25, 0.3) is 10.9 Å². The number of benzene rings is 1. The number of rotatable bonds is 1. The number of para-hydroxylation sites is 1. The molecule has 0 bridgehead atoms. The highest BCUT2D eigenvalue weighted by Gasteiger charge is 2.17. The van der Waals surface area contributed by atoms with E-state index in [2.05, 4.69) is 10.3 Å². The first kappa shape index (κ1) is 12.4. The SMILES string of the molecule is CC(C)(C)NC(=O)c1cc(N)c2ccccc2n1. The minimum Gasteiger partial charge on any atom is -0.398 e. The van der Waals surface area contributed by atoms with Crippen molar-refractivity contribution in [1.82, 2.24) is 10.3 Å². The molecule has 0 aliphatic heterocycles. The average Bonchev–Trinajstić information content (AvgIpc) is 2.26. The third-order valence-electron chi connectivity index (χ3n) is 2.47. The molecule has 18 heavy (non-hydrogen) atoms. The van der Waals surface area contributed by atoms with Crippen molar-refractivity contribution in [1.29, 1.82) is 0 Å². The van der Waals surface area contributed by atoms with E-state index < -0.39 is 0 Å². The van der Waals surface area contributed by atoms with Crippen LogP contribution in [0.2, 0.25) is 0 Å². The summed E-state index contributed by atoms with van der Waals surface area (Å²) in [4.78, 5) is 16.4. The lowest BCUT2D eigenvalue weighted by atomic mass is 10.1. The number of carbonyl (C=O) groups excluding carboxylic acids is 1. The normalized spacial score (nSPS) is 11.5.